The lowest BCUT2D eigenvalue weighted by molar-refractivity contribution is 0.554. The highest BCUT2D eigenvalue weighted by atomic mass is 35.5. The first-order valence-electron chi connectivity index (χ1n) is 5.76. The van der Waals surface area contributed by atoms with Crippen LogP contribution in [0, 0.1) is 0 Å². The van der Waals surface area contributed by atoms with Crippen LogP contribution in [0.2, 0.25) is 5.02 Å². The molecule has 0 spiro atoms. The Hall–Kier alpha value is -1.77. The lowest BCUT2D eigenvalue weighted by Gasteiger charge is -2.01. The van der Waals surface area contributed by atoms with Crippen molar-refractivity contribution in [3.05, 3.63) is 59.3 Å². The molecule has 90 valence electrons. The fraction of sp³-hybridized carbons (Fsp3) is 0.0667. The van der Waals surface area contributed by atoms with Crippen LogP contribution in [-0.4, -0.2) is 0 Å². The fourth-order valence-electron chi connectivity index (χ4n) is 2.19. The van der Waals surface area contributed by atoms with Gasteiger partial charge in [0.1, 0.15) is 11.3 Å². The Morgan fingerprint density at radius 1 is 1.06 bits per heavy atom. The van der Waals surface area contributed by atoms with Crippen LogP contribution in [0.4, 0.5) is 0 Å². The van der Waals surface area contributed by atoms with Crippen molar-refractivity contribution < 1.29 is 4.42 Å². The Balaban J connectivity index is 2.35. The van der Waals surface area contributed by atoms with Crippen molar-refractivity contribution >= 4 is 22.6 Å². The first kappa shape index (κ1) is 11.3. The average molecular weight is 258 g/mol. The van der Waals surface area contributed by atoms with Crippen molar-refractivity contribution in [1.82, 2.24) is 0 Å². The van der Waals surface area contributed by atoms with E-state index in [4.69, 9.17) is 21.8 Å². The molecule has 0 radical (unpaired) electrons. The predicted molar refractivity (Wildman–Crippen MR) is 74.6 cm³/mol. The number of fused-ring (bicyclic) bond motifs is 1. The smallest absolute Gasteiger partial charge is 0.135 e. The summed E-state index contributed by atoms with van der Waals surface area (Å²) in [5.41, 5.74) is 8.72. The van der Waals surface area contributed by atoms with Crippen LogP contribution in [0.25, 0.3) is 22.1 Å². The molecular weight excluding hydrogens is 246 g/mol. The molecule has 0 amide bonds. The molecule has 0 aliphatic rings. The van der Waals surface area contributed by atoms with E-state index in [-0.39, 0.29) is 0 Å². The second kappa shape index (κ2) is 4.48. The first-order valence-corrected chi connectivity index (χ1v) is 6.14. The number of benzene rings is 2. The Labute approximate surface area is 110 Å². The number of halogens is 1. The van der Waals surface area contributed by atoms with Gasteiger partial charge in [0, 0.05) is 16.0 Å². The highest BCUT2D eigenvalue weighted by Gasteiger charge is 2.14. The van der Waals surface area contributed by atoms with E-state index in [1.807, 2.05) is 48.5 Å². The van der Waals surface area contributed by atoms with Crippen molar-refractivity contribution in [3.63, 3.8) is 0 Å². The molecule has 2 aromatic carbocycles. The fourth-order valence-corrected chi connectivity index (χ4v) is 2.36. The number of hydrogen-bond donors (Lipinski definition) is 1. The molecule has 3 heteroatoms. The molecule has 0 atom stereocenters. The van der Waals surface area contributed by atoms with Gasteiger partial charge < -0.3 is 10.2 Å². The van der Waals surface area contributed by atoms with Gasteiger partial charge in [-0.25, -0.2) is 0 Å². The summed E-state index contributed by atoms with van der Waals surface area (Å²) in [5, 5.41) is 1.71. The van der Waals surface area contributed by atoms with Gasteiger partial charge in [-0.3, -0.25) is 0 Å². The zero-order chi connectivity index (χ0) is 12.5. The third-order valence-electron chi connectivity index (χ3n) is 2.97. The molecular formula is C15H12ClNO. The maximum absolute atomic E-state index is 6.06. The van der Waals surface area contributed by atoms with Crippen molar-refractivity contribution in [3.8, 4) is 11.1 Å². The second-order valence-corrected chi connectivity index (χ2v) is 4.55. The second-order valence-electron chi connectivity index (χ2n) is 4.11. The summed E-state index contributed by atoms with van der Waals surface area (Å²) in [6, 6.07) is 15.7. The summed E-state index contributed by atoms with van der Waals surface area (Å²) in [5.74, 6) is 0.790. The van der Waals surface area contributed by atoms with Crippen molar-refractivity contribution in [2.75, 3.05) is 0 Å². The van der Waals surface area contributed by atoms with E-state index in [1.165, 1.54) is 0 Å². The van der Waals surface area contributed by atoms with Crippen LogP contribution < -0.4 is 5.73 Å². The Bertz CT molecular complexity index is 688. The summed E-state index contributed by atoms with van der Waals surface area (Å²) in [4.78, 5) is 0. The molecule has 0 saturated heterocycles. The molecule has 0 saturated carbocycles. The zero-order valence-corrected chi connectivity index (χ0v) is 10.4. The number of nitrogens with two attached hydrogens (primary N) is 1. The van der Waals surface area contributed by atoms with Crippen LogP contribution in [-0.2, 0) is 6.54 Å². The largest absolute Gasteiger partial charge is 0.459 e. The quantitative estimate of drug-likeness (QED) is 0.747. The Morgan fingerprint density at radius 3 is 2.56 bits per heavy atom. The van der Waals surface area contributed by atoms with Crippen LogP contribution >= 0.6 is 11.6 Å². The summed E-state index contributed by atoms with van der Waals surface area (Å²) >= 11 is 6.06. The third kappa shape index (κ3) is 1.80. The third-order valence-corrected chi connectivity index (χ3v) is 3.21. The van der Waals surface area contributed by atoms with Crippen molar-refractivity contribution in [1.29, 1.82) is 0 Å². The molecule has 1 heterocycles. The van der Waals surface area contributed by atoms with Crippen molar-refractivity contribution in [2.24, 2.45) is 5.73 Å². The maximum Gasteiger partial charge on any atom is 0.135 e. The van der Waals surface area contributed by atoms with Gasteiger partial charge >= 0.3 is 0 Å². The van der Waals surface area contributed by atoms with E-state index in [1.54, 1.807) is 0 Å². The lowest BCUT2D eigenvalue weighted by Crippen LogP contribution is -1.95. The summed E-state index contributed by atoms with van der Waals surface area (Å²) in [7, 11) is 0. The molecule has 2 N–H and O–H groups in total. The highest BCUT2D eigenvalue weighted by Crippen LogP contribution is 2.35. The van der Waals surface area contributed by atoms with E-state index in [9.17, 15) is 0 Å². The van der Waals surface area contributed by atoms with Gasteiger partial charge in [-0.2, -0.15) is 0 Å². The van der Waals surface area contributed by atoms with Crippen LogP contribution in [0.5, 0.6) is 0 Å². The molecule has 0 bridgehead atoms. The van der Waals surface area contributed by atoms with E-state index in [0.29, 0.717) is 11.6 Å². The lowest BCUT2D eigenvalue weighted by atomic mass is 10.0. The van der Waals surface area contributed by atoms with Gasteiger partial charge in [0.25, 0.3) is 0 Å². The highest BCUT2D eigenvalue weighted by molar-refractivity contribution is 6.31. The van der Waals surface area contributed by atoms with E-state index in [2.05, 4.69) is 0 Å². The molecule has 3 aromatic rings. The SMILES string of the molecule is NCc1oc2ccc(Cl)cc2c1-c1ccccc1. The molecule has 0 unspecified atom stereocenters. The van der Waals surface area contributed by atoms with Gasteiger partial charge in [0.05, 0.1) is 6.54 Å². The minimum absolute atomic E-state index is 0.372. The van der Waals surface area contributed by atoms with Gasteiger partial charge in [0.2, 0.25) is 0 Å². The minimum atomic E-state index is 0.372. The van der Waals surface area contributed by atoms with Crippen LogP contribution in [0.3, 0.4) is 0 Å². The van der Waals surface area contributed by atoms with E-state index < -0.39 is 0 Å². The van der Waals surface area contributed by atoms with Gasteiger partial charge in [0.15, 0.2) is 0 Å². The Morgan fingerprint density at radius 2 is 1.83 bits per heavy atom. The molecule has 0 aliphatic heterocycles. The topological polar surface area (TPSA) is 39.2 Å². The molecule has 2 nitrogen and oxygen atoms in total. The maximum atomic E-state index is 6.06. The molecule has 0 fully saturated rings. The first-order chi connectivity index (χ1) is 8.79. The number of furan rings is 1. The summed E-state index contributed by atoms with van der Waals surface area (Å²) in [6.45, 7) is 0.372. The van der Waals surface area contributed by atoms with Gasteiger partial charge in [-0.15, -0.1) is 0 Å². The van der Waals surface area contributed by atoms with Gasteiger partial charge in [-0.1, -0.05) is 41.9 Å². The molecule has 3 rings (SSSR count). The van der Waals surface area contributed by atoms with E-state index >= 15 is 0 Å². The molecule has 18 heavy (non-hydrogen) atoms. The minimum Gasteiger partial charge on any atom is -0.459 e. The average Bonchev–Trinajstić information content (AvgIpc) is 2.77. The molecule has 1 aromatic heterocycles. The normalized spacial score (nSPS) is 11.0. The Kier molecular flexibility index (Phi) is 2.82. The molecule has 0 aliphatic carbocycles. The van der Waals surface area contributed by atoms with E-state index in [0.717, 1.165) is 27.9 Å². The monoisotopic (exact) mass is 257 g/mol. The number of rotatable bonds is 2. The van der Waals surface area contributed by atoms with Crippen molar-refractivity contribution in [2.45, 2.75) is 6.54 Å². The predicted octanol–water partition coefficient (Wildman–Crippen LogP) is 4.21. The van der Waals surface area contributed by atoms with Gasteiger partial charge in [-0.05, 0) is 23.8 Å². The number of hydrogen-bond acceptors (Lipinski definition) is 2. The van der Waals surface area contributed by atoms with Crippen LogP contribution in [0.15, 0.2) is 52.9 Å². The zero-order valence-electron chi connectivity index (χ0n) is 9.69. The summed E-state index contributed by atoms with van der Waals surface area (Å²) in [6.07, 6.45) is 0. The van der Waals surface area contributed by atoms with Crippen LogP contribution in [0.1, 0.15) is 5.76 Å². The summed E-state index contributed by atoms with van der Waals surface area (Å²) < 4.78 is 5.77. The standard InChI is InChI=1S/C15H12ClNO/c16-11-6-7-13-12(8-11)15(14(9-17)18-13)10-4-2-1-3-5-10/h1-8H,9,17H2.